The predicted molar refractivity (Wildman–Crippen MR) is 92.9 cm³/mol. The lowest BCUT2D eigenvalue weighted by molar-refractivity contribution is 0.112. The Hall–Kier alpha value is -2.49. The van der Waals surface area contributed by atoms with E-state index in [-0.39, 0.29) is 0 Å². The van der Waals surface area contributed by atoms with Crippen LogP contribution in [0.3, 0.4) is 0 Å². The van der Waals surface area contributed by atoms with E-state index in [2.05, 4.69) is 11.8 Å². The van der Waals surface area contributed by atoms with Crippen molar-refractivity contribution in [3.63, 3.8) is 0 Å². The van der Waals surface area contributed by atoms with Crippen LogP contribution in [0.25, 0.3) is 0 Å². The highest BCUT2D eigenvalue weighted by Crippen LogP contribution is 2.19. The van der Waals surface area contributed by atoms with Crippen LogP contribution in [0.4, 0.5) is 5.69 Å². The first kappa shape index (κ1) is 16.9. The van der Waals surface area contributed by atoms with Gasteiger partial charge in [0, 0.05) is 17.8 Å². The van der Waals surface area contributed by atoms with Gasteiger partial charge in [0.15, 0.2) is 0 Å². The van der Waals surface area contributed by atoms with Gasteiger partial charge in [-0.05, 0) is 61.9 Å². The van der Waals surface area contributed by atoms with Gasteiger partial charge in [-0.2, -0.15) is 0 Å². The first-order valence-electron chi connectivity index (χ1n) is 7.75. The van der Waals surface area contributed by atoms with E-state index in [1.165, 1.54) is 0 Å². The molecule has 2 aromatic rings. The fourth-order valence-corrected chi connectivity index (χ4v) is 2.40. The smallest absolute Gasteiger partial charge is 0.150 e. The molecule has 0 unspecified atom stereocenters. The third kappa shape index (κ3) is 4.49. The first-order chi connectivity index (χ1) is 11.2. The summed E-state index contributed by atoms with van der Waals surface area (Å²) in [6.07, 6.45) is 0.891. The number of hydrogen-bond donors (Lipinski definition) is 0. The van der Waals surface area contributed by atoms with Gasteiger partial charge in [-0.3, -0.25) is 4.79 Å². The number of carbonyl (C=O) groups excluding carboxylic acids is 1. The minimum Gasteiger partial charge on any atom is -0.497 e. The van der Waals surface area contributed by atoms with Crippen LogP contribution < -0.4 is 14.4 Å². The quantitative estimate of drug-likeness (QED) is 0.696. The average molecular weight is 313 g/mol. The molecule has 23 heavy (non-hydrogen) atoms. The van der Waals surface area contributed by atoms with Crippen LogP contribution in [0.5, 0.6) is 11.5 Å². The van der Waals surface area contributed by atoms with Crippen molar-refractivity contribution in [2.45, 2.75) is 13.8 Å². The summed E-state index contributed by atoms with van der Waals surface area (Å²) in [5.41, 5.74) is 2.83. The van der Waals surface area contributed by atoms with Crippen molar-refractivity contribution in [2.24, 2.45) is 0 Å². The zero-order valence-electron chi connectivity index (χ0n) is 13.9. The first-order valence-corrected chi connectivity index (χ1v) is 7.75. The Kier molecular flexibility index (Phi) is 6.03. The second-order valence-corrected chi connectivity index (χ2v) is 5.26. The molecule has 0 radical (unpaired) electrons. The molecule has 0 amide bonds. The normalized spacial score (nSPS) is 10.2. The molecule has 122 valence electrons. The Labute approximate surface area is 137 Å². The Morgan fingerprint density at radius 2 is 1.78 bits per heavy atom. The van der Waals surface area contributed by atoms with E-state index in [4.69, 9.17) is 9.47 Å². The van der Waals surface area contributed by atoms with Crippen molar-refractivity contribution in [1.82, 2.24) is 0 Å². The standard InChI is InChI=1S/C19H23NO3/c1-4-20(17-6-5-16(14-21)15(2)13-17)11-12-23-19-9-7-18(22-3)8-10-19/h5-10,13-14H,4,11-12H2,1-3H3. The van der Waals surface area contributed by atoms with Gasteiger partial charge < -0.3 is 14.4 Å². The number of likely N-dealkylation sites (N-methyl/N-ethyl adjacent to an activating group) is 1. The number of rotatable bonds is 8. The molecule has 0 saturated carbocycles. The molecule has 0 bridgehead atoms. The second-order valence-electron chi connectivity index (χ2n) is 5.26. The summed E-state index contributed by atoms with van der Waals surface area (Å²) in [4.78, 5) is 13.1. The molecule has 0 aromatic heterocycles. The van der Waals surface area contributed by atoms with Gasteiger partial charge in [0.05, 0.1) is 13.7 Å². The number of hydrogen-bond acceptors (Lipinski definition) is 4. The zero-order valence-corrected chi connectivity index (χ0v) is 13.9. The van der Waals surface area contributed by atoms with Gasteiger partial charge in [-0.15, -0.1) is 0 Å². The third-order valence-electron chi connectivity index (χ3n) is 3.82. The Morgan fingerprint density at radius 3 is 2.35 bits per heavy atom. The Morgan fingerprint density at radius 1 is 1.09 bits per heavy atom. The van der Waals surface area contributed by atoms with Crippen molar-refractivity contribution >= 4 is 12.0 Å². The number of aryl methyl sites for hydroxylation is 1. The highest BCUT2D eigenvalue weighted by Gasteiger charge is 2.07. The highest BCUT2D eigenvalue weighted by molar-refractivity contribution is 5.78. The summed E-state index contributed by atoms with van der Waals surface area (Å²) < 4.78 is 10.9. The number of anilines is 1. The maximum absolute atomic E-state index is 10.9. The summed E-state index contributed by atoms with van der Waals surface area (Å²) in [5.74, 6) is 1.65. The summed E-state index contributed by atoms with van der Waals surface area (Å²) in [7, 11) is 1.65. The van der Waals surface area contributed by atoms with E-state index in [1.54, 1.807) is 7.11 Å². The van der Waals surface area contributed by atoms with Crippen LogP contribution in [-0.4, -0.2) is 33.1 Å². The molecular weight excluding hydrogens is 290 g/mol. The maximum Gasteiger partial charge on any atom is 0.150 e. The number of nitrogens with zero attached hydrogens (tertiary/aromatic N) is 1. The van der Waals surface area contributed by atoms with Crippen LogP contribution in [-0.2, 0) is 0 Å². The van der Waals surface area contributed by atoms with Gasteiger partial charge in [-0.1, -0.05) is 0 Å². The minimum atomic E-state index is 0.592. The van der Waals surface area contributed by atoms with Gasteiger partial charge in [0.1, 0.15) is 24.4 Å². The number of ether oxygens (including phenoxy) is 2. The molecule has 2 rings (SSSR count). The van der Waals surface area contributed by atoms with E-state index in [1.807, 2.05) is 49.4 Å². The third-order valence-corrected chi connectivity index (χ3v) is 3.82. The Bertz CT molecular complexity index is 638. The lowest BCUT2D eigenvalue weighted by atomic mass is 10.1. The second kappa shape index (κ2) is 8.22. The zero-order chi connectivity index (χ0) is 16.7. The molecule has 0 aliphatic heterocycles. The lowest BCUT2D eigenvalue weighted by Gasteiger charge is -2.24. The maximum atomic E-state index is 10.9. The molecule has 4 nitrogen and oxygen atoms in total. The summed E-state index contributed by atoms with van der Waals surface area (Å²) in [6.45, 7) is 6.31. The van der Waals surface area contributed by atoms with Crippen molar-refractivity contribution in [1.29, 1.82) is 0 Å². The van der Waals surface area contributed by atoms with Gasteiger partial charge in [0.2, 0.25) is 0 Å². The van der Waals surface area contributed by atoms with Gasteiger partial charge in [0.25, 0.3) is 0 Å². The SMILES string of the molecule is CCN(CCOc1ccc(OC)cc1)c1ccc(C=O)c(C)c1. The summed E-state index contributed by atoms with van der Waals surface area (Å²) in [5, 5.41) is 0. The molecule has 0 atom stereocenters. The average Bonchev–Trinajstić information content (AvgIpc) is 2.59. The summed E-state index contributed by atoms with van der Waals surface area (Å²) >= 11 is 0. The lowest BCUT2D eigenvalue weighted by Crippen LogP contribution is -2.28. The monoisotopic (exact) mass is 313 g/mol. The van der Waals surface area contributed by atoms with Crippen LogP contribution in [0.2, 0.25) is 0 Å². The highest BCUT2D eigenvalue weighted by atomic mass is 16.5. The molecule has 0 fully saturated rings. The number of carbonyl (C=O) groups is 1. The molecular formula is C19H23NO3. The van der Waals surface area contributed by atoms with Crippen molar-refractivity contribution < 1.29 is 14.3 Å². The van der Waals surface area contributed by atoms with E-state index >= 15 is 0 Å². The Balaban J connectivity index is 1.94. The van der Waals surface area contributed by atoms with E-state index in [0.717, 1.165) is 47.7 Å². The van der Waals surface area contributed by atoms with Crippen LogP contribution in [0.15, 0.2) is 42.5 Å². The van der Waals surface area contributed by atoms with E-state index in [9.17, 15) is 4.79 Å². The van der Waals surface area contributed by atoms with Crippen molar-refractivity contribution in [3.05, 3.63) is 53.6 Å². The fourth-order valence-electron chi connectivity index (χ4n) is 2.40. The van der Waals surface area contributed by atoms with Gasteiger partial charge in [-0.25, -0.2) is 0 Å². The molecule has 0 aliphatic carbocycles. The topological polar surface area (TPSA) is 38.8 Å². The molecule has 0 N–H and O–H groups in total. The summed E-state index contributed by atoms with van der Waals surface area (Å²) in [6, 6.07) is 13.5. The number of methoxy groups -OCH3 is 1. The van der Waals surface area contributed by atoms with Crippen molar-refractivity contribution in [3.8, 4) is 11.5 Å². The predicted octanol–water partition coefficient (Wildman–Crippen LogP) is 3.72. The molecule has 0 heterocycles. The van der Waals surface area contributed by atoms with Crippen LogP contribution >= 0.6 is 0 Å². The largest absolute Gasteiger partial charge is 0.497 e. The molecule has 0 saturated heterocycles. The van der Waals surface area contributed by atoms with E-state index in [0.29, 0.717) is 6.61 Å². The molecule has 0 spiro atoms. The number of benzene rings is 2. The molecule has 2 aromatic carbocycles. The van der Waals surface area contributed by atoms with Crippen molar-refractivity contribution in [2.75, 3.05) is 31.7 Å². The minimum absolute atomic E-state index is 0.592. The van der Waals surface area contributed by atoms with E-state index < -0.39 is 0 Å². The van der Waals surface area contributed by atoms with Gasteiger partial charge >= 0.3 is 0 Å². The number of aldehydes is 1. The molecule has 4 heteroatoms. The van der Waals surface area contributed by atoms with Crippen LogP contribution in [0.1, 0.15) is 22.8 Å². The van der Waals surface area contributed by atoms with Crippen LogP contribution in [0, 0.1) is 6.92 Å². The fraction of sp³-hybridized carbons (Fsp3) is 0.316. The molecule has 0 aliphatic rings.